The fourth-order valence-electron chi connectivity index (χ4n) is 1.99. The minimum atomic E-state index is -0.528. The molecular weight excluding hydrogens is 306 g/mol. The van der Waals surface area contributed by atoms with Crippen LogP contribution in [0.3, 0.4) is 0 Å². The molecule has 0 aliphatic rings. The Balaban J connectivity index is 2.13. The molecule has 0 aliphatic carbocycles. The largest absolute Gasteiger partial charge is 0.464 e. The molecule has 22 heavy (non-hydrogen) atoms. The van der Waals surface area contributed by atoms with Gasteiger partial charge in [0, 0.05) is 12.4 Å². The second-order valence-electron chi connectivity index (χ2n) is 4.34. The van der Waals surface area contributed by atoms with E-state index in [9.17, 15) is 4.79 Å². The molecule has 0 amide bonds. The molecule has 0 unspecified atom stereocenters. The normalized spacial score (nSPS) is 10.6. The molecule has 0 spiro atoms. The highest BCUT2D eigenvalue weighted by atomic mass is 35.5. The minimum Gasteiger partial charge on any atom is -0.464 e. The number of carbonyl (C=O) groups is 1. The standard InChI is InChI=1S/C15H12ClN3O3/c1-2-21-15(20)13-10(12-6-4-8-22-12)9-19(18-13)14-11(16)5-3-7-17-14/h3-9H,2H2,1H3. The van der Waals surface area contributed by atoms with Crippen molar-refractivity contribution >= 4 is 17.6 Å². The summed E-state index contributed by atoms with van der Waals surface area (Å²) in [6.45, 7) is 1.99. The average molecular weight is 318 g/mol. The van der Waals surface area contributed by atoms with Gasteiger partial charge >= 0.3 is 5.97 Å². The van der Waals surface area contributed by atoms with Crippen molar-refractivity contribution in [3.05, 3.63) is 53.6 Å². The van der Waals surface area contributed by atoms with E-state index >= 15 is 0 Å². The number of halogens is 1. The molecule has 112 valence electrons. The first-order valence-electron chi connectivity index (χ1n) is 6.62. The molecule has 0 saturated carbocycles. The smallest absolute Gasteiger partial charge is 0.359 e. The molecule has 0 N–H and O–H groups in total. The molecule has 3 heterocycles. The van der Waals surface area contributed by atoms with Gasteiger partial charge in [0.1, 0.15) is 5.76 Å². The van der Waals surface area contributed by atoms with Crippen LogP contribution in [0.15, 0.2) is 47.3 Å². The van der Waals surface area contributed by atoms with Crippen molar-refractivity contribution in [3.8, 4) is 17.1 Å². The fraction of sp³-hybridized carbons (Fsp3) is 0.133. The van der Waals surface area contributed by atoms with Crippen molar-refractivity contribution < 1.29 is 13.9 Å². The summed E-state index contributed by atoms with van der Waals surface area (Å²) in [7, 11) is 0. The predicted octanol–water partition coefficient (Wildman–Crippen LogP) is 3.36. The van der Waals surface area contributed by atoms with E-state index in [0.717, 1.165) is 0 Å². The number of carbonyl (C=O) groups excluding carboxylic acids is 1. The maximum absolute atomic E-state index is 12.1. The summed E-state index contributed by atoms with van der Waals surface area (Å²) >= 11 is 6.12. The molecule has 3 aromatic heterocycles. The van der Waals surface area contributed by atoms with Gasteiger partial charge in [0.2, 0.25) is 0 Å². The van der Waals surface area contributed by atoms with Crippen LogP contribution >= 0.6 is 11.6 Å². The number of rotatable bonds is 4. The van der Waals surface area contributed by atoms with E-state index in [1.54, 1.807) is 43.6 Å². The number of esters is 1. The fourth-order valence-corrected chi connectivity index (χ4v) is 2.20. The Labute approximate surface area is 131 Å². The van der Waals surface area contributed by atoms with E-state index in [2.05, 4.69) is 10.1 Å². The van der Waals surface area contributed by atoms with Gasteiger partial charge in [0.25, 0.3) is 0 Å². The topological polar surface area (TPSA) is 70.2 Å². The monoisotopic (exact) mass is 317 g/mol. The van der Waals surface area contributed by atoms with Crippen molar-refractivity contribution in [1.82, 2.24) is 14.8 Å². The van der Waals surface area contributed by atoms with Crippen LogP contribution in [0.1, 0.15) is 17.4 Å². The molecule has 0 aromatic carbocycles. The van der Waals surface area contributed by atoms with E-state index in [4.69, 9.17) is 20.8 Å². The molecule has 0 fully saturated rings. The summed E-state index contributed by atoms with van der Waals surface area (Å²) in [5, 5.41) is 4.67. The van der Waals surface area contributed by atoms with Crippen LogP contribution < -0.4 is 0 Å². The lowest BCUT2D eigenvalue weighted by molar-refractivity contribution is 0.0519. The molecule has 0 bridgehead atoms. The first kappa shape index (κ1) is 14.3. The molecule has 7 heteroatoms. The van der Waals surface area contributed by atoms with Gasteiger partial charge in [-0.1, -0.05) is 11.6 Å². The van der Waals surface area contributed by atoms with Crippen molar-refractivity contribution in [1.29, 1.82) is 0 Å². The zero-order valence-electron chi connectivity index (χ0n) is 11.7. The number of hydrogen-bond acceptors (Lipinski definition) is 5. The predicted molar refractivity (Wildman–Crippen MR) is 80.0 cm³/mol. The van der Waals surface area contributed by atoms with Crippen molar-refractivity contribution in [2.75, 3.05) is 6.61 Å². The summed E-state index contributed by atoms with van der Waals surface area (Å²) in [4.78, 5) is 16.3. The number of aromatic nitrogens is 3. The maximum Gasteiger partial charge on any atom is 0.359 e. The van der Waals surface area contributed by atoms with Crippen molar-refractivity contribution in [3.63, 3.8) is 0 Å². The highest BCUT2D eigenvalue weighted by Gasteiger charge is 2.22. The van der Waals surface area contributed by atoms with E-state index < -0.39 is 5.97 Å². The van der Waals surface area contributed by atoms with Crippen molar-refractivity contribution in [2.45, 2.75) is 6.92 Å². The second kappa shape index (κ2) is 6.03. The highest BCUT2D eigenvalue weighted by molar-refractivity contribution is 6.32. The SMILES string of the molecule is CCOC(=O)c1nn(-c2ncccc2Cl)cc1-c1ccco1. The van der Waals surface area contributed by atoms with Crippen LogP contribution in [0.2, 0.25) is 5.02 Å². The van der Waals surface area contributed by atoms with E-state index in [1.807, 2.05) is 0 Å². The quantitative estimate of drug-likeness (QED) is 0.690. The number of furan rings is 1. The van der Waals surface area contributed by atoms with Gasteiger partial charge in [-0.3, -0.25) is 0 Å². The van der Waals surface area contributed by atoms with Crippen LogP contribution in [-0.4, -0.2) is 27.3 Å². The second-order valence-corrected chi connectivity index (χ2v) is 4.75. The lowest BCUT2D eigenvalue weighted by Crippen LogP contribution is -2.08. The molecule has 0 aliphatic heterocycles. The summed E-state index contributed by atoms with van der Waals surface area (Å²) in [5.41, 5.74) is 0.670. The van der Waals surface area contributed by atoms with Crippen LogP contribution in [0.4, 0.5) is 0 Å². The third-order valence-electron chi connectivity index (χ3n) is 2.93. The summed E-state index contributed by atoms with van der Waals surface area (Å²) in [5.74, 6) is 0.411. The Morgan fingerprint density at radius 2 is 2.27 bits per heavy atom. The molecule has 0 saturated heterocycles. The Hall–Kier alpha value is -2.60. The first-order valence-corrected chi connectivity index (χ1v) is 7.00. The molecule has 3 aromatic rings. The number of nitrogens with zero attached hydrogens (tertiary/aromatic N) is 3. The van der Waals surface area contributed by atoms with Gasteiger partial charge in [0.05, 0.1) is 23.5 Å². The maximum atomic E-state index is 12.1. The van der Waals surface area contributed by atoms with Crippen LogP contribution in [0.5, 0.6) is 0 Å². The third-order valence-corrected chi connectivity index (χ3v) is 3.22. The molecule has 3 rings (SSSR count). The Morgan fingerprint density at radius 1 is 1.41 bits per heavy atom. The number of hydrogen-bond donors (Lipinski definition) is 0. The van der Waals surface area contributed by atoms with Gasteiger partial charge in [-0.25, -0.2) is 14.5 Å². The van der Waals surface area contributed by atoms with Crippen LogP contribution in [0, 0.1) is 0 Å². The molecule has 0 atom stereocenters. The lowest BCUT2D eigenvalue weighted by Gasteiger charge is -2.01. The summed E-state index contributed by atoms with van der Waals surface area (Å²) in [6, 6.07) is 6.89. The summed E-state index contributed by atoms with van der Waals surface area (Å²) in [6.07, 6.45) is 4.76. The van der Waals surface area contributed by atoms with E-state index in [-0.39, 0.29) is 12.3 Å². The molecule has 0 radical (unpaired) electrons. The Bertz CT molecular complexity index is 796. The van der Waals surface area contributed by atoms with Gasteiger partial charge < -0.3 is 9.15 Å². The van der Waals surface area contributed by atoms with E-state index in [1.165, 1.54) is 10.9 Å². The Morgan fingerprint density at radius 3 is 2.95 bits per heavy atom. The number of pyridine rings is 1. The lowest BCUT2D eigenvalue weighted by atomic mass is 10.2. The van der Waals surface area contributed by atoms with Gasteiger partial charge in [-0.15, -0.1) is 0 Å². The van der Waals surface area contributed by atoms with Gasteiger partial charge in [-0.05, 0) is 31.2 Å². The number of ether oxygens (including phenoxy) is 1. The van der Waals surface area contributed by atoms with Gasteiger partial charge in [-0.2, -0.15) is 5.10 Å². The van der Waals surface area contributed by atoms with Gasteiger partial charge in [0.15, 0.2) is 11.5 Å². The van der Waals surface area contributed by atoms with E-state index in [0.29, 0.717) is 22.2 Å². The van der Waals surface area contributed by atoms with Crippen LogP contribution in [0.25, 0.3) is 17.1 Å². The first-order chi connectivity index (χ1) is 10.7. The average Bonchev–Trinajstić information content (AvgIpc) is 3.17. The third kappa shape index (κ3) is 2.60. The molecule has 6 nitrogen and oxygen atoms in total. The molecular formula is C15H12ClN3O3. The minimum absolute atomic E-state index is 0.151. The zero-order chi connectivity index (χ0) is 15.5. The summed E-state index contributed by atoms with van der Waals surface area (Å²) < 4.78 is 11.8. The highest BCUT2D eigenvalue weighted by Crippen LogP contribution is 2.26. The zero-order valence-corrected chi connectivity index (χ0v) is 12.4. The van der Waals surface area contributed by atoms with Crippen molar-refractivity contribution in [2.24, 2.45) is 0 Å². The Kier molecular flexibility index (Phi) is 3.93. The van der Waals surface area contributed by atoms with Crippen LogP contribution in [-0.2, 0) is 4.74 Å².